The van der Waals surface area contributed by atoms with E-state index in [0.29, 0.717) is 5.56 Å². The third kappa shape index (κ3) is 4.29. The van der Waals surface area contributed by atoms with Gasteiger partial charge in [0.15, 0.2) is 17.5 Å². The summed E-state index contributed by atoms with van der Waals surface area (Å²) in [6, 6.07) is 2.55. The van der Waals surface area contributed by atoms with E-state index >= 15 is 0 Å². The lowest BCUT2D eigenvalue weighted by atomic mass is 10.1. The quantitative estimate of drug-likeness (QED) is 0.383. The van der Waals surface area contributed by atoms with E-state index in [0.717, 1.165) is 6.08 Å². The van der Waals surface area contributed by atoms with Crippen molar-refractivity contribution in [2.75, 3.05) is 0 Å². The average Bonchev–Trinajstić information content (AvgIpc) is 2.36. The molecule has 7 nitrogen and oxygen atoms in total. The van der Waals surface area contributed by atoms with Gasteiger partial charge in [0.25, 0.3) is 0 Å². The summed E-state index contributed by atoms with van der Waals surface area (Å²) in [7, 11) is 0. The molecule has 108 valence electrons. The number of aromatic hydroxyl groups is 2. The number of amides is 1. The topological polar surface area (TPSA) is 127 Å². The lowest BCUT2D eigenvalue weighted by Crippen LogP contribution is -2.47. The van der Waals surface area contributed by atoms with Crippen LogP contribution in [0.15, 0.2) is 24.3 Å². The van der Waals surface area contributed by atoms with Gasteiger partial charge in [0.1, 0.15) is 0 Å². The third-order valence-corrected chi connectivity index (χ3v) is 2.47. The fraction of sp³-hybridized carbons (Fsp3) is 0.231. The molecule has 20 heavy (non-hydrogen) atoms. The molecule has 1 rings (SSSR count). The second-order valence-electron chi connectivity index (χ2n) is 4.15. The molecule has 0 bridgehead atoms. The van der Waals surface area contributed by atoms with Crippen molar-refractivity contribution in [3.63, 3.8) is 0 Å². The van der Waals surface area contributed by atoms with Crippen molar-refractivity contribution in [3.05, 3.63) is 29.8 Å². The Kier molecular flexibility index (Phi) is 5.10. The second kappa shape index (κ2) is 6.58. The van der Waals surface area contributed by atoms with E-state index in [9.17, 15) is 19.8 Å². The van der Waals surface area contributed by atoms with Crippen LogP contribution in [0.25, 0.3) is 6.08 Å². The molecule has 0 saturated carbocycles. The number of aliphatic carboxylic acids is 1. The number of hydrogen-bond acceptors (Lipinski definition) is 5. The largest absolute Gasteiger partial charge is 0.504 e. The number of phenols is 2. The number of carbonyl (C=O) groups excluding carboxylic acids is 1. The Morgan fingerprint density at radius 2 is 1.90 bits per heavy atom. The maximum atomic E-state index is 11.5. The molecule has 0 heterocycles. The standard InChI is InChI=1S/C13H15NO6/c1-7(15)12(13(19)20)14-11(18)5-3-8-2-4-9(16)10(17)6-8/h2-7,12,15-17H,1H3,(H,14,18)(H,19,20)/b5-3+/t7-,12+/m1/s1. The highest BCUT2D eigenvalue weighted by molar-refractivity contribution is 5.94. The van der Waals surface area contributed by atoms with Crippen LogP contribution in [0.1, 0.15) is 12.5 Å². The highest BCUT2D eigenvalue weighted by Crippen LogP contribution is 2.25. The number of rotatable bonds is 5. The predicted molar refractivity (Wildman–Crippen MR) is 70.1 cm³/mol. The first-order valence-electron chi connectivity index (χ1n) is 5.72. The van der Waals surface area contributed by atoms with Gasteiger partial charge in [-0.05, 0) is 30.7 Å². The molecule has 0 aromatic heterocycles. The maximum Gasteiger partial charge on any atom is 0.328 e. The van der Waals surface area contributed by atoms with Gasteiger partial charge in [-0.1, -0.05) is 6.07 Å². The lowest BCUT2D eigenvalue weighted by Gasteiger charge is -2.15. The van der Waals surface area contributed by atoms with Crippen LogP contribution >= 0.6 is 0 Å². The number of aliphatic hydroxyl groups excluding tert-OH is 1. The molecule has 0 fully saturated rings. The molecule has 0 spiro atoms. The van der Waals surface area contributed by atoms with Crippen LogP contribution < -0.4 is 5.32 Å². The van der Waals surface area contributed by atoms with Crippen molar-refractivity contribution in [1.82, 2.24) is 5.32 Å². The first kappa shape index (κ1) is 15.5. The summed E-state index contributed by atoms with van der Waals surface area (Å²) < 4.78 is 0. The SMILES string of the molecule is C[C@@H](O)[C@H](NC(=O)/C=C/c1ccc(O)c(O)c1)C(=O)O. The van der Waals surface area contributed by atoms with Crippen LogP contribution in [0, 0.1) is 0 Å². The molecular formula is C13H15NO6. The van der Waals surface area contributed by atoms with Gasteiger partial charge < -0.3 is 25.7 Å². The Morgan fingerprint density at radius 1 is 1.25 bits per heavy atom. The minimum atomic E-state index is -1.40. The van der Waals surface area contributed by atoms with Gasteiger partial charge in [0.05, 0.1) is 6.10 Å². The number of phenolic OH excluding ortho intramolecular Hbond substituents is 2. The van der Waals surface area contributed by atoms with Crippen molar-refractivity contribution < 1.29 is 30.0 Å². The summed E-state index contributed by atoms with van der Waals surface area (Å²) in [5.74, 6) is -2.67. The average molecular weight is 281 g/mol. The van der Waals surface area contributed by atoms with Crippen LogP contribution in [0.5, 0.6) is 11.5 Å². The number of carbonyl (C=O) groups is 2. The number of nitrogens with one attached hydrogen (secondary N) is 1. The fourth-order valence-electron chi connectivity index (χ4n) is 1.41. The van der Waals surface area contributed by atoms with Gasteiger partial charge in [0, 0.05) is 6.08 Å². The fourth-order valence-corrected chi connectivity index (χ4v) is 1.41. The van der Waals surface area contributed by atoms with Crippen molar-refractivity contribution >= 4 is 18.0 Å². The molecule has 2 atom stereocenters. The molecule has 1 aromatic rings. The molecule has 1 aromatic carbocycles. The number of hydrogen-bond donors (Lipinski definition) is 5. The van der Waals surface area contributed by atoms with E-state index in [4.69, 9.17) is 10.2 Å². The Morgan fingerprint density at radius 3 is 2.40 bits per heavy atom. The minimum Gasteiger partial charge on any atom is -0.504 e. The van der Waals surface area contributed by atoms with Gasteiger partial charge in [-0.15, -0.1) is 0 Å². The van der Waals surface area contributed by atoms with Crippen LogP contribution in [0.2, 0.25) is 0 Å². The molecular weight excluding hydrogens is 266 g/mol. The molecule has 5 N–H and O–H groups in total. The number of carboxylic acids is 1. The summed E-state index contributed by atoms with van der Waals surface area (Å²) >= 11 is 0. The number of benzene rings is 1. The molecule has 7 heteroatoms. The summed E-state index contributed by atoms with van der Waals surface area (Å²) in [6.07, 6.45) is 1.15. The van der Waals surface area contributed by atoms with E-state index in [1.165, 1.54) is 31.2 Å². The summed E-state index contributed by atoms with van der Waals surface area (Å²) in [5.41, 5.74) is 0.444. The van der Waals surface area contributed by atoms with E-state index in [2.05, 4.69) is 5.32 Å². The molecule has 0 radical (unpaired) electrons. The Labute approximate surface area is 114 Å². The molecule has 0 unspecified atom stereocenters. The second-order valence-corrected chi connectivity index (χ2v) is 4.15. The predicted octanol–water partition coefficient (Wildman–Crippen LogP) is 0.0612. The van der Waals surface area contributed by atoms with Crippen molar-refractivity contribution in [2.24, 2.45) is 0 Å². The normalized spacial score (nSPS) is 13.9. The Balaban J connectivity index is 2.72. The third-order valence-electron chi connectivity index (χ3n) is 2.47. The Hall–Kier alpha value is -2.54. The highest BCUT2D eigenvalue weighted by Gasteiger charge is 2.23. The first-order valence-corrected chi connectivity index (χ1v) is 5.72. The van der Waals surface area contributed by atoms with Gasteiger partial charge >= 0.3 is 5.97 Å². The summed E-state index contributed by atoms with van der Waals surface area (Å²) in [4.78, 5) is 22.3. The summed E-state index contributed by atoms with van der Waals surface area (Å²) in [5, 5.41) is 38.5. The van der Waals surface area contributed by atoms with Gasteiger partial charge in [-0.25, -0.2) is 4.79 Å². The number of carboxylic acid groups (broad SMARTS) is 1. The molecule has 0 aliphatic carbocycles. The minimum absolute atomic E-state index is 0.286. The van der Waals surface area contributed by atoms with E-state index in [1.54, 1.807) is 0 Å². The maximum absolute atomic E-state index is 11.5. The molecule has 0 aliphatic heterocycles. The van der Waals surface area contributed by atoms with E-state index < -0.39 is 24.0 Å². The van der Waals surface area contributed by atoms with E-state index in [1.807, 2.05) is 0 Å². The number of aliphatic hydroxyl groups is 1. The Bertz CT molecular complexity index is 538. The van der Waals surface area contributed by atoms with Gasteiger partial charge in [0.2, 0.25) is 5.91 Å². The van der Waals surface area contributed by atoms with Gasteiger partial charge in [-0.3, -0.25) is 4.79 Å². The highest BCUT2D eigenvalue weighted by atomic mass is 16.4. The summed E-state index contributed by atoms with van der Waals surface area (Å²) in [6.45, 7) is 1.25. The van der Waals surface area contributed by atoms with Crippen molar-refractivity contribution in [2.45, 2.75) is 19.1 Å². The molecule has 0 aliphatic rings. The van der Waals surface area contributed by atoms with Gasteiger partial charge in [-0.2, -0.15) is 0 Å². The zero-order chi connectivity index (χ0) is 15.3. The van der Waals surface area contributed by atoms with Crippen molar-refractivity contribution in [1.29, 1.82) is 0 Å². The zero-order valence-corrected chi connectivity index (χ0v) is 10.6. The molecule has 1 amide bonds. The lowest BCUT2D eigenvalue weighted by molar-refractivity contribution is -0.144. The van der Waals surface area contributed by atoms with E-state index in [-0.39, 0.29) is 11.5 Å². The van der Waals surface area contributed by atoms with Crippen molar-refractivity contribution in [3.8, 4) is 11.5 Å². The monoisotopic (exact) mass is 281 g/mol. The first-order chi connectivity index (χ1) is 9.31. The van der Waals surface area contributed by atoms with Crippen LogP contribution in [-0.4, -0.2) is 44.4 Å². The van der Waals surface area contributed by atoms with Crippen LogP contribution in [0.3, 0.4) is 0 Å². The van der Waals surface area contributed by atoms with Crippen LogP contribution in [-0.2, 0) is 9.59 Å². The smallest absolute Gasteiger partial charge is 0.328 e. The van der Waals surface area contributed by atoms with Crippen LogP contribution in [0.4, 0.5) is 0 Å². The molecule has 0 saturated heterocycles. The zero-order valence-electron chi connectivity index (χ0n) is 10.6.